The minimum atomic E-state index is -2.23. The second-order valence-electron chi connectivity index (χ2n) is 3.76. The molecule has 0 amide bonds. The minimum Gasteiger partial charge on any atom is -0.475 e. The second-order valence-corrected chi connectivity index (χ2v) is 4.74. The fourth-order valence-corrected chi connectivity index (χ4v) is 2.29. The first kappa shape index (κ1) is 15.4. The molecule has 0 unspecified atom stereocenters. The van der Waals surface area contributed by atoms with Crippen molar-refractivity contribution in [1.82, 2.24) is 0 Å². The number of hydrogen-bond donors (Lipinski definition) is 1. The molecule has 1 aromatic carbocycles. The lowest BCUT2D eigenvalue weighted by molar-refractivity contribution is 0.0656. The Morgan fingerprint density at radius 2 is 1.52 bits per heavy atom. The van der Waals surface area contributed by atoms with Gasteiger partial charge in [-0.05, 0) is 12.1 Å². The van der Waals surface area contributed by atoms with E-state index in [-0.39, 0.29) is 5.09 Å². The molecule has 2 aromatic rings. The maximum absolute atomic E-state index is 13.4. The van der Waals surface area contributed by atoms with E-state index in [0.717, 1.165) is 6.07 Å². The van der Waals surface area contributed by atoms with Crippen LogP contribution in [0.4, 0.5) is 22.0 Å². The molecule has 0 spiro atoms. The molecule has 0 bridgehead atoms. The van der Waals surface area contributed by atoms with E-state index in [0.29, 0.717) is 11.8 Å². The van der Waals surface area contributed by atoms with Crippen molar-refractivity contribution in [2.24, 2.45) is 0 Å². The predicted molar refractivity (Wildman–Crippen MR) is 61.5 cm³/mol. The first-order valence-corrected chi connectivity index (χ1v) is 6.27. The van der Waals surface area contributed by atoms with Gasteiger partial charge in [-0.25, -0.2) is 26.7 Å². The maximum Gasteiger partial charge on any atom is 0.371 e. The van der Waals surface area contributed by atoms with Gasteiger partial charge < -0.3 is 9.52 Å². The molecule has 0 radical (unpaired) electrons. The van der Waals surface area contributed by atoms with Gasteiger partial charge in [-0.3, -0.25) is 0 Å². The van der Waals surface area contributed by atoms with Gasteiger partial charge in [0.1, 0.15) is 0 Å². The highest BCUT2D eigenvalue weighted by Gasteiger charge is 2.25. The molecule has 0 saturated heterocycles. The normalized spacial score (nSPS) is 10.9. The molecule has 21 heavy (non-hydrogen) atoms. The fourth-order valence-electron chi connectivity index (χ4n) is 1.43. The molecule has 2 rings (SSSR count). The Labute approximate surface area is 118 Å². The van der Waals surface area contributed by atoms with Crippen LogP contribution in [0.5, 0.6) is 0 Å². The maximum atomic E-state index is 13.4. The molecule has 3 nitrogen and oxygen atoms in total. The van der Waals surface area contributed by atoms with Crippen LogP contribution >= 0.6 is 11.8 Å². The minimum absolute atomic E-state index is 0.0312. The second kappa shape index (κ2) is 5.76. The Balaban J connectivity index is 2.26. The molecule has 0 fully saturated rings. The molecule has 0 aliphatic carbocycles. The van der Waals surface area contributed by atoms with E-state index in [4.69, 9.17) is 9.52 Å². The zero-order valence-corrected chi connectivity index (χ0v) is 10.7. The van der Waals surface area contributed by atoms with Gasteiger partial charge in [-0.2, -0.15) is 0 Å². The van der Waals surface area contributed by atoms with Crippen LogP contribution in [0.2, 0.25) is 0 Å². The quantitative estimate of drug-likeness (QED) is 0.400. The Bertz CT molecular complexity index is 684. The van der Waals surface area contributed by atoms with Crippen LogP contribution in [0.25, 0.3) is 0 Å². The summed E-state index contributed by atoms with van der Waals surface area (Å²) >= 11 is 0.598. The predicted octanol–water partition coefficient (Wildman–Crippen LogP) is 3.97. The summed E-state index contributed by atoms with van der Waals surface area (Å²) in [5.74, 6) is -12.5. The van der Waals surface area contributed by atoms with Crippen LogP contribution in [0.3, 0.4) is 0 Å². The molecule has 0 atom stereocenters. The smallest absolute Gasteiger partial charge is 0.371 e. The van der Waals surface area contributed by atoms with Crippen molar-refractivity contribution in [2.45, 2.75) is 10.8 Å². The summed E-state index contributed by atoms with van der Waals surface area (Å²) in [5.41, 5.74) is -1.01. The van der Waals surface area contributed by atoms with Gasteiger partial charge >= 0.3 is 5.97 Å². The van der Waals surface area contributed by atoms with Gasteiger partial charge in [0.25, 0.3) is 0 Å². The Hall–Kier alpha value is -2.03. The van der Waals surface area contributed by atoms with E-state index >= 15 is 0 Å². The monoisotopic (exact) mass is 324 g/mol. The third kappa shape index (κ3) is 2.87. The van der Waals surface area contributed by atoms with E-state index < -0.39 is 52.1 Å². The number of aromatic carboxylic acids is 1. The van der Waals surface area contributed by atoms with Gasteiger partial charge in [0.05, 0.1) is 0 Å². The van der Waals surface area contributed by atoms with Crippen LogP contribution in [0, 0.1) is 29.1 Å². The largest absolute Gasteiger partial charge is 0.475 e. The highest BCUT2D eigenvalue weighted by Crippen LogP contribution is 2.30. The Morgan fingerprint density at radius 3 is 2.00 bits per heavy atom. The van der Waals surface area contributed by atoms with Crippen molar-refractivity contribution in [3.05, 3.63) is 52.5 Å². The van der Waals surface area contributed by atoms with Gasteiger partial charge in [-0.1, -0.05) is 11.8 Å². The highest BCUT2D eigenvalue weighted by molar-refractivity contribution is 7.98. The topological polar surface area (TPSA) is 50.4 Å². The summed E-state index contributed by atoms with van der Waals surface area (Å²) in [5, 5.41) is 8.58. The summed E-state index contributed by atoms with van der Waals surface area (Å²) in [6.45, 7) is 0. The zero-order valence-electron chi connectivity index (χ0n) is 9.92. The number of benzene rings is 1. The van der Waals surface area contributed by atoms with E-state index in [1.165, 1.54) is 6.07 Å². The zero-order chi connectivity index (χ0) is 15.7. The molecule has 1 aromatic heterocycles. The molecular weight excluding hydrogens is 319 g/mol. The lowest BCUT2D eigenvalue weighted by Gasteiger charge is -2.06. The van der Waals surface area contributed by atoms with Crippen molar-refractivity contribution < 1.29 is 36.3 Å². The lowest BCUT2D eigenvalue weighted by Crippen LogP contribution is -2.06. The van der Waals surface area contributed by atoms with Crippen LogP contribution in [-0.4, -0.2) is 11.1 Å². The van der Waals surface area contributed by atoms with Crippen LogP contribution < -0.4 is 0 Å². The Morgan fingerprint density at radius 1 is 1.00 bits per heavy atom. The van der Waals surface area contributed by atoms with E-state index in [1.54, 1.807) is 0 Å². The number of hydrogen-bond acceptors (Lipinski definition) is 3. The van der Waals surface area contributed by atoms with Gasteiger partial charge in [-0.15, -0.1) is 0 Å². The first-order valence-electron chi connectivity index (χ1n) is 5.29. The van der Waals surface area contributed by atoms with Gasteiger partial charge in [0.15, 0.2) is 28.4 Å². The molecule has 9 heteroatoms. The van der Waals surface area contributed by atoms with Crippen LogP contribution in [0.1, 0.15) is 16.1 Å². The summed E-state index contributed by atoms with van der Waals surface area (Å²) in [4.78, 5) is 10.6. The number of carboxylic acids is 1. The fraction of sp³-hybridized carbons (Fsp3) is 0.0833. The number of carbonyl (C=O) groups is 1. The number of halogens is 5. The summed E-state index contributed by atoms with van der Waals surface area (Å²) in [6, 6.07) is 2.31. The SMILES string of the molecule is O=C(O)c1ccc(SCc2c(F)c(F)c(F)c(F)c2F)o1. The summed E-state index contributed by atoms with van der Waals surface area (Å²) in [6.07, 6.45) is 0. The van der Waals surface area contributed by atoms with E-state index in [1.807, 2.05) is 0 Å². The molecule has 112 valence electrons. The van der Waals surface area contributed by atoms with E-state index in [2.05, 4.69) is 0 Å². The van der Waals surface area contributed by atoms with Crippen molar-refractivity contribution in [3.8, 4) is 0 Å². The number of furan rings is 1. The molecule has 0 aliphatic heterocycles. The van der Waals surface area contributed by atoms with Crippen molar-refractivity contribution in [2.75, 3.05) is 0 Å². The van der Waals surface area contributed by atoms with Crippen LogP contribution in [-0.2, 0) is 5.75 Å². The molecule has 1 N–H and O–H groups in total. The Kier molecular flexibility index (Phi) is 4.21. The van der Waals surface area contributed by atoms with Crippen molar-refractivity contribution >= 4 is 17.7 Å². The third-order valence-corrected chi connectivity index (χ3v) is 3.39. The standard InChI is InChI=1S/C12H5F5O3S/c13-7-4(8(14)10(16)11(17)9(7)15)3-21-6-2-1-5(20-6)12(18)19/h1-2H,3H2,(H,18,19). The first-order chi connectivity index (χ1) is 9.82. The van der Waals surface area contributed by atoms with Crippen LogP contribution in [0.15, 0.2) is 21.6 Å². The van der Waals surface area contributed by atoms with E-state index in [9.17, 15) is 26.7 Å². The lowest BCUT2D eigenvalue weighted by atomic mass is 10.2. The van der Waals surface area contributed by atoms with Gasteiger partial charge in [0, 0.05) is 11.3 Å². The van der Waals surface area contributed by atoms with Crippen molar-refractivity contribution in [3.63, 3.8) is 0 Å². The number of thioether (sulfide) groups is 1. The molecule has 0 aliphatic rings. The van der Waals surface area contributed by atoms with Crippen molar-refractivity contribution in [1.29, 1.82) is 0 Å². The molecule has 1 heterocycles. The number of rotatable bonds is 4. The summed E-state index contributed by atoms with van der Waals surface area (Å²) < 4.78 is 70.3. The highest BCUT2D eigenvalue weighted by atomic mass is 32.2. The summed E-state index contributed by atoms with van der Waals surface area (Å²) in [7, 11) is 0. The number of carboxylic acid groups (broad SMARTS) is 1. The third-order valence-electron chi connectivity index (χ3n) is 2.45. The molecule has 0 saturated carbocycles. The average molecular weight is 324 g/mol. The average Bonchev–Trinajstić information content (AvgIpc) is 2.92. The molecular formula is C12H5F5O3S. The van der Waals surface area contributed by atoms with Gasteiger partial charge in [0.2, 0.25) is 11.6 Å².